The van der Waals surface area contributed by atoms with Crippen LogP contribution in [0, 0.1) is 6.92 Å². The maximum absolute atomic E-state index is 12.5. The predicted molar refractivity (Wildman–Crippen MR) is 111 cm³/mol. The van der Waals surface area contributed by atoms with Gasteiger partial charge in [-0.3, -0.25) is 9.48 Å². The second kappa shape index (κ2) is 8.23. The van der Waals surface area contributed by atoms with Crippen LogP contribution in [0.2, 0.25) is 0 Å². The number of likely N-dealkylation sites (tertiary alicyclic amines) is 1. The standard InChI is InChI=1S/C21H26N4OS/c1-16-18-14-19(20(26)22-10-7-13-24-11-5-6-12-24)27-21(18)25(23-16)15-17-8-3-2-4-9-17/h2-4,8-9,14H,5-7,10-13,15H2,1H3,(H,22,26). The molecule has 1 N–H and O–H groups in total. The first-order chi connectivity index (χ1) is 13.2. The number of carbonyl (C=O) groups excluding carboxylic acids is 1. The molecule has 0 unspecified atom stereocenters. The van der Waals surface area contributed by atoms with E-state index in [1.165, 1.54) is 42.8 Å². The zero-order valence-corrected chi connectivity index (χ0v) is 16.6. The van der Waals surface area contributed by atoms with Crippen LogP contribution in [0.1, 0.15) is 40.2 Å². The van der Waals surface area contributed by atoms with Crippen molar-refractivity contribution >= 4 is 27.5 Å². The number of amides is 1. The van der Waals surface area contributed by atoms with Crippen LogP contribution in [-0.4, -0.2) is 46.8 Å². The second-order valence-electron chi connectivity index (χ2n) is 7.22. The predicted octanol–water partition coefficient (Wildman–Crippen LogP) is 3.67. The molecule has 1 amide bonds. The van der Waals surface area contributed by atoms with E-state index in [2.05, 4.69) is 27.4 Å². The molecule has 0 aliphatic carbocycles. The van der Waals surface area contributed by atoms with Gasteiger partial charge in [0.1, 0.15) is 4.83 Å². The Bertz CT molecular complexity index is 909. The molecule has 4 rings (SSSR count). The Morgan fingerprint density at radius 1 is 1.22 bits per heavy atom. The Balaban J connectivity index is 1.40. The van der Waals surface area contributed by atoms with Crippen LogP contribution in [0.3, 0.4) is 0 Å². The largest absolute Gasteiger partial charge is 0.351 e. The Hall–Kier alpha value is -2.18. The molecule has 0 atom stereocenters. The summed E-state index contributed by atoms with van der Waals surface area (Å²) < 4.78 is 2.01. The Kier molecular flexibility index (Phi) is 5.55. The molecule has 1 saturated heterocycles. The highest BCUT2D eigenvalue weighted by molar-refractivity contribution is 7.20. The topological polar surface area (TPSA) is 50.2 Å². The average Bonchev–Trinajstić information content (AvgIpc) is 3.39. The first kappa shape index (κ1) is 18.2. The lowest BCUT2D eigenvalue weighted by atomic mass is 10.2. The van der Waals surface area contributed by atoms with E-state index in [1.807, 2.05) is 35.9 Å². The molecule has 1 aromatic carbocycles. The lowest BCUT2D eigenvalue weighted by Gasteiger charge is -2.14. The molecule has 142 valence electrons. The molecule has 0 bridgehead atoms. The highest BCUT2D eigenvalue weighted by Gasteiger charge is 2.16. The molecule has 0 radical (unpaired) electrons. The van der Waals surface area contributed by atoms with Crippen molar-refractivity contribution in [3.05, 3.63) is 52.5 Å². The van der Waals surface area contributed by atoms with Crippen molar-refractivity contribution < 1.29 is 4.79 Å². The minimum absolute atomic E-state index is 0.0308. The second-order valence-corrected chi connectivity index (χ2v) is 8.25. The Labute approximate surface area is 164 Å². The van der Waals surface area contributed by atoms with Gasteiger partial charge in [0, 0.05) is 11.9 Å². The van der Waals surface area contributed by atoms with Crippen LogP contribution in [0.4, 0.5) is 0 Å². The number of thiophene rings is 1. The number of aromatic nitrogens is 2. The number of carbonyl (C=O) groups is 1. The van der Waals surface area contributed by atoms with Gasteiger partial charge in [0.25, 0.3) is 5.91 Å². The van der Waals surface area contributed by atoms with Crippen molar-refractivity contribution in [1.29, 1.82) is 0 Å². The molecule has 1 aliphatic heterocycles. The SMILES string of the molecule is Cc1nn(Cc2ccccc2)c2sc(C(=O)NCCCN3CCCC3)cc12. The molecule has 0 spiro atoms. The number of hydrogen-bond acceptors (Lipinski definition) is 4. The first-order valence-electron chi connectivity index (χ1n) is 9.72. The van der Waals surface area contributed by atoms with Gasteiger partial charge in [-0.2, -0.15) is 5.10 Å². The molecular weight excluding hydrogens is 356 g/mol. The van der Waals surface area contributed by atoms with Gasteiger partial charge in [-0.25, -0.2) is 0 Å². The summed E-state index contributed by atoms with van der Waals surface area (Å²) in [6, 6.07) is 12.3. The third kappa shape index (κ3) is 4.22. The third-order valence-corrected chi connectivity index (χ3v) is 6.29. The summed E-state index contributed by atoms with van der Waals surface area (Å²) in [5.41, 5.74) is 2.19. The van der Waals surface area contributed by atoms with Crippen molar-refractivity contribution in [2.24, 2.45) is 0 Å². The van der Waals surface area contributed by atoms with Gasteiger partial charge in [-0.15, -0.1) is 11.3 Å². The molecular formula is C21H26N4OS. The van der Waals surface area contributed by atoms with E-state index in [0.29, 0.717) is 0 Å². The molecule has 0 saturated carbocycles. The minimum Gasteiger partial charge on any atom is -0.351 e. The number of hydrogen-bond donors (Lipinski definition) is 1. The Morgan fingerprint density at radius 2 is 2.00 bits per heavy atom. The Morgan fingerprint density at radius 3 is 2.78 bits per heavy atom. The van der Waals surface area contributed by atoms with Crippen LogP contribution in [-0.2, 0) is 6.54 Å². The smallest absolute Gasteiger partial charge is 0.261 e. The van der Waals surface area contributed by atoms with E-state index >= 15 is 0 Å². The fraction of sp³-hybridized carbons (Fsp3) is 0.429. The summed E-state index contributed by atoms with van der Waals surface area (Å²) in [5, 5.41) is 8.81. The lowest BCUT2D eigenvalue weighted by Crippen LogP contribution is -2.28. The van der Waals surface area contributed by atoms with Gasteiger partial charge >= 0.3 is 0 Å². The highest BCUT2D eigenvalue weighted by atomic mass is 32.1. The molecule has 1 fully saturated rings. The molecule has 5 nitrogen and oxygen atoms in total. The minimum atomic E-state index is 0.0308. The van der Waals surface area contributed by atoms with E-state index in [4.69, 9.17) is 0 Å². The van der Waals surface area contributed by atoms with E-state index in [9.17, 15) is 4.79 Å². The van der Waals surface area contributed by atoms with Crippen molar-refractivity contribution in [3.63, 3.8) is 0 Å². The summed E-state index contributed by atoms with van der Waals surface area (Å²) in [5.74, 6) is 0.0308. The van der Waals surface area contributed by atoms with Gasteiger partial charge in [-0.05, 0) is 57.5 Å². The average molecular weight is 383 g/mol. The third-order valence-electron chi connectivity index (χ3n) is 5.14. The number of nitrogens with zero attached hydrogens (tertiary/aromatic N) is 3. The van der Waals surface area contributed by atoms with Crippen LogP contribution >= 0.6 is 11.3 Å². The quantitative estimate of drug-likeness (QED) is 0.634. The van der Waals surface area contributed by atoms with Crippen molar-refractivity contribution in [3.8, 4) is 0 Å². The molecule has 1 aliphatic rings. The van der Waals surface area contributed by atoms with Gasteiger partial charge in [0.15, 0.2) is 0 Å². The molecule has 27 heavy (non-hydrogen) atoms. The highest BCUT2D eigenvalue weighted by Crippen LogP contribution is 2.28. The van der Waals surface area contributed by atoms with Crippen LogP contribution in [0.5, 0.6) is 0 Å². The zero-order valence-electron chi connectivity index (χ0n) is 15.8. The number of fused-ring (bicyclic) bond motifs is 1. The van der Waals surface area contributed by atoms with E-state index in [1.54, 1.807) is 0 Å². The van der Waals surface area contributed by atoms with Crippen molar-refractivity contribution in [1.82, 2.24) is 20.0 Å². The van der Waals surface area contributed by atoms with E-state index in [-0.39, 0.29) is 5.91 Å². The van der Waals surface area contributed by atoms with Gasteiger partial charge in [0.2, 0.25) is 0 Å². The summed E-state index contributed by atoms with van der Waals surface area (Å²) >= 11 is 1.53. The van der Waals surface area contributed by atoms with Gasteiger partial charge in [-0.1, -0.05) is 30.3 Å². The maximum Gasteiger partial charge on any atom is 0.261 e. The summed E-state index contributed by atoms with van der Waals surface area (Å²) in [6.45, 7) is 6.97. The molecule has 3 heterocycles. The summed E-state index contributed by atoms with van der Waals surface area (Å²) in [4.78, 5) is 16.9. The first-order valence-corrected chi connectivity index (χ1v) is 10.5. The summed E-state index contributed by atoms with van der Waals surface area (Å²) in [7, 11) is 0. The van der Waals surface area contributed by atoms with Crippen LogP contribution in [0.15, 0.2) is 36.4 Å². The summed E-state index contributed by atoms with van der Waals surface area (Å²) in [6.07, 6.45) is 3.64. The van der Waals surface area contributed by atoms with Gasteiger partial charge in [0.05, 0.1) is 17.1 Å². The normalized spacial score (nSPS) is 14.9. The molecule has 6 heteroatoms. The monoisotopic (exact) mass is 382 g/mol. The molecule has 2 aromatic heterocycles. The van der Waals surface area contributed by atoms with Crippen molar-refractivity contribution in [2.75, 3.05) is 26.2 Å². The number of rotatable bonds is 7. The van der Waals surface area contributed by atoms with Gasteiger partial charge < -0.3 is 10.2 Å². The number of benzene rings is 1. The number of nitrogens with one attached hydrogen (secondary N) is 1. The van der Waals surface area contributed by atoms with Crippen LogP contribution in [0.25, 0.3) is 10.2 Å². The zero-order chi connectivity index (χ0) is 18.6. The number of aryl methyl sites for hydroxylation is 1. The fourth-order valence-electron chi connectivity index (χ4n) is 3.69. The fourth-order valence-corrected chi connectivity index (χ4v) is 4.76. The lowest BCUT2D eigenvalue weighted by molar-refractivity contribution is 0.0956. The van der Waals surface area contributed by atoms with Crippen molar-refractivity contribution in [2.45, 2.75) is 32.7 Å². The van der Waals surface area contributed by atoms with E-state index in [0.717, 1.165) is 46.8 Å². The van der Waals surface area contributed by atoms with Crippen LogP contribution < -0.4 is 5.32 Å². The molecule has 3 aromatic rings. The maximum atomic E-state index is 12.5. The van der Waals surface area contributed by atoms with E-state index < -0.39 is 0 Å².